The van der Waals surface area contributed by atoms with Crippen LogP contribution in [0.15, 0.2) is 36.4 Å². The SMILES string of the molecule is COc1cc(N(C(C)=O)C(COC(=O)C(C)(C)C)Cc2ccc(C)c(C)c2)ccc1OCCN. The first-order chi connectivity index (χ1) is 16.0. The third-order valence-electron chi connectivity index (χ3n) is 5.57. The van der Waals surface area contributed by atoms with E-state index in [9.17, 15) is 9.59 Å². The number of aryl methyl sites for hydroxylation is 2. The highest BCUT2D eigenvalue weighted by Crippen LogP contribution is 2.33. The van der Waals surface area contributed by atoms with E-state index in [4.69, 9.17) is 19.9 Å². The number of amides is 1. The molecule has 2 aromatic rings. The Morgan fingerprint density at radius 3 is 2.29 bits per heavy atom. The van der Waals surface area contributed by atoms with Crippen LogP contribution in [-0.4, -0.2) is 44.8 Å². The molecule has 0 aliphatic heterocycles. The first-order valence-corrected chi connectivity index (χ1v) is 11.5. The summed E-state index contributed by atoms with van der Waals surface area (Å²) in [6, 6.07) is 11.1. The second kappa shape index (κ2) is 11.9. The monoisotopic (exact) mass is 470 g/mol. The largest absolute Gasteiger partial charge is 0.493 e. The Kier molecular flexibility index (Phi) is 9.50. The van der Waals surface area contributed by atoms with Gasteiger partial charge in [0.15, 0.2) is 11.5 Å². The summed E-state index contributed by atoms with van der Waals surface area (Å²) in [7, 11) is 1.55. The molecule has 2 rings (SSSR count). The number of hydrogen-bond donors (Lipinski definition) is 1. The molecule has 186 valence electrons. The van der Waals surface area contributed by atoms with Crippen molar-refractivity contribution in [2.45, 2.75) is 54.0 Å². The van der Waals surface area contributed by atoms with Gasteiger partial charge in [0.1, 0.15) is 13.2 Å². The van der Waals surface area contributed by atoms with Crippen LogP contribution in [0.3, 0.4) is 0 Å². The zero-order valence-corrected chi connectivity index (χ0v) is 21.4. The van der Waals surface area contributed by atoms with Crippen molar-refractivity contribution in [3.05, 3.63) is 53.1 Å². The zero-order chi connectivity index (χ0) is 25.5. The van der Waals surface area contributed by atoms with E-state index in [1.807, 2.05) is 6.07 Å². The van der Waals surface area contributed by atoms with Gasteiger partial charge in [0.2, 0.25) is 5.91 Å². The van der Waals surface area contributed by atoms with E-state index in [0.29, 0.717) is 36.8 Å². The molecule has 7 nitrogen and oxygen atoms in total. The Bertz CT molecular complexity index is 997. The maximum atomic E-state index is 12.9. The molecule has 0 aromatic heterocycles. The molecule has 2 aromatic carbocycles. The van der Waals surface area contributed by atoms with Gasteiger partial charge in [-0.1, -0.05) is 18.2 Å². The van der Waals surface area contributed by atoms with E-state index >= 15 is 0 Å². The lowest BCUT2D eigenvalue weighted by atomic mass is 9.97. The summed E-state index contributed by atoms with van der Waals surface area (Å²) >= 11 is 0. The van der Waals surface area contributed by atoms with Crippen molar-refractivity contribution in [2.24, 2.45) is 11.1 Å². The van der Waals surface area contributed by atoms with E-state index in [1.54, 1.807) is 51.0 Å². The van der Waals surface area contributed by atoms with Gasteiger partial charge < -0.3 is 24.8 Å². The molecule has 34 heavy (non-hydrogen) atoms. The number of anilines is 1. The van der Waals surface area contributed by atoms with Crippen molar-refractivity contribution in [2.75, 3.05) is 31.8 Å². The molecule has 0 heterocycles. The smallest absolute Gasteiger partial charge is 0.311 e. The molecule has 1 unspecified atom stereocenters. The Hall–Kier alpha value is -3.06. The van der Waals surface area contributed by atoms with Crippen molar-refractivity contribution in [3.8, 4) is 11.5 Å². The predicted octanol–water partition coefficient (Wildman–Crippen LogP) is 4.20. The van der Waals surface area contributed by atoms with Crippen LogP contribution >= 0.6 is 0 Å². The van der Waals surface area contributed by atoms with Crippen molar-refractivity contribution in [1.82, 2.24) is 0 Å². The molecule has 0 aliphatic rings. The highest BCUT2D eigenvalue weighted by Gasteiger charge is 2.29. The van der Waals surface area contributed by atoms with Crippen molar-refractivity contribution < 1.29 is 23.8 Å². The number of nitrogens with two attached hydrogens (primary N) is 1. The highest BCUT2D eigenvalue weighted by atomic mass is 16.5. The Labute approximate surface area is 203 Å². The van der Waals surface area contributed by atoms with E-state index in [1.165, 1.54) is 18.1 Å². The summed E-state index contributed by atoms with van der Waals surface area (Å²) in [5, 5.41) is 0. The second-order valence-corrected chi connectivity index (χ2v) is 9.49. The minimum absolute atomic E-state index is 0.0658. The number of hydrogen-bond acceptors (Lipinski definition) is 6. The summed E-state index contributed by atoms with van der Waals surface area (Å²) in [5.41, 5.74) is 8.95. The number of methoxy groups -OCH3 is 1. The lowest BCUT2D eigenvalue weighted by Gasteiger charge is -2.32. The highest BCUT2D eigenvalue weighted by molar-refractivity contribution is 5.92. The molecule has 1 amide bonds. The van der Waals surface area contributed by atoms with Gasteiger partial charge in [-0.25, -0.2) is 0 Å². The molecule has 0 saturated heterocycles. The van der Waals surface area contributed by atoms with Crippen LogP contribution in [0.25, 0.3) is 0 Å². The fourth-order valence-corrected chi connectivity index (χ4v) is 3.56. The number of benzene rings is 2. The predicted molar refractivity (Wildman–Crippen MR) is 135 cm³/mol. The number of rotatable bonds is 10. The molecule has 0 aliphatic carbocycles. The third-order valence-corrected chi connectivity index (χ3v) is 5.57. The fraction of sp³-hybridized carbons (Fsp3) is 0.481. The lowest BCUT2D eigenvalue weighted by Crippen LogP contribution is -2.44. The number of carbonyl (C=O) groups is 2. The van der Waals surface area contributed by atoms with Crippen molar-refractivity contribution >= 4 is 17.6 Å². The van der Waals surface area contributed by atoms with E-state index < -0.39 is 11.5 Å². The van der Waals surface area contributed by atoms with Gasteiger partial charge >= 0.3 is 5.97 Å². The quantitative estimate of drug-likeness (QED) is 0.523. The van der Waals surface area contributed by atoms with Gasteiger partial charge in [-0.3, -0.25) is 9.59 Å². The fourth-order valence-electron chi connectivity index (χ4n) is 3.56. The summed E-state index contributed by atoms with van der Waals surface area (Å²) in [4.78, 5) is 27.1. The molecule has 0 radical (unpaired) electrons. The van der Waals surface area contributed by atoms with E-state index in [2.05, 4.69) is 26.0 Å². The standard InChI is InChI=1S/C27H38N2O5/c1-18-8-9-21(14-19(18)2)15-23(17-34-26(31)27(4,5)6)29(20(3)30)22-10-11-24(33-13-12-28)25(16-22)32-7/h8-11,14,16,23H,12-13,15,17,28H2,1-7H3. The molecule has 1 atom stereocenters. The molecule has 0 spiro atoms. The molecule has 7 heteroatoms. The lowest BCUT2D eigenvalue weighted by molar-refractivity contribution is -0.153. The summed E-state index contributed by atoms with van der Waals surface area (Å²) in [6.45, 7) is 11.8. The first-order valence-electron chi connectivity index (χ1n) is 11.5. The number of nitrogens with zero attached hydrogens (tertiary/aromatic N) is 1. The third kappa shape index (κ3) is 7.22. The average molecular weight is 471 g/mol. The van der Waals surface area contributed by atoms with Crippen LogP contribution in [0.5, 0.6) is 11.5 Å². The number of ether oxygens (including phenoxy) is 3. The molecule has 0 saturated carbocycles. The maximum Gasteiger partial charge on any atom is 0.311 e. The zero-order valence-electron chi connectivity index (χ0n) is 21.4. The van der Waals surface area contributed by atoms with Gasteiger partial charge in [-0.2, -0.15) is 0 Å². The van der Waals surface area contributed by atoms with Crippen LogP contribution < -0.4 is 20.1 Å². The van der Waals surface area contributed by atoms with Gasteiger partial charge in [-0.15, -0.1) is 0 Å². The van der Waals surface area contributed by atoms with Gasteiger partial charge in [0.25, 0.3) is 0 Å². The summed E-state index contributed by atoms with van der Waals surface area (Å²) in [6.07, 6.45) is 0.520. The summed E-state index contributed by atoms with van der Waals surface area (Å²) < 4.78 is 16.8. The average Bonchev–Trinajstić information content (AvgIpc) is 2.77. The van der Waals surface area contributed by atoms with Gasteiger partial charge in [0.05, 0.1) is 18.6 Å². The molecular formula is C27H38N2O5. The van der Waals surface area contributed by atoms with Crippen LogP contribution in [0.2, 0.25) is 0 Å². The second-order valence-electron chi connectivity index (χ2n) is 9.49. The maximum absolute atomic E-state index is 12.9. The topological polar surface area (TPSA) is 91.1 Å². The normalized spacial score (nSPS) is 12.1. The van der Waals surface area contributed by atoms with Gasteiger partial charge in [0, 0.05) is 25.2 Å². The van der Waals surface area contributed by atoms with Crippen LogP contribution in [0.1, 0.15) is 44.4 Å². The van der Waals surface area contributed by atoms with Crippen molar-refractivity contribution in [3.63, 3.8) is 0 Å². The first kappa shape index (κ1) is 27.2. The van der Waals surface area contributed by atoms with Gasteiger partial charge in [-0.05, 0) is 69.9 Å². The number of carbonyl (C=O) groups excluding carboxylic acids is 2. The molecule has 0 fully saturated rings. The van der Waals surface area contributed by atoms with Crippen molar-refractivity contribution in [1.29, 1.82) is 0 Å². The Balaban J connectivity index is 2.45. The molecular weight excluding hydrogens is 432 g/mol. The minimum atomic E-state index is -0.642. The van der Waals surface area contributed by atoms with Crippen LogP contribution in [0.4, 0.5) is 5.69 Å². The number of esters is 1. The van der Waals surface area contributed by atoms with E-state index in [-0.39, 0.29) is 18.5 Å². The summed E-state index contributed by atoms with van der Waals surface area (Å²) in [5.74, 6) is 0.557. The Morgan fingerprint density at radius 2 is 1.74 bits per heavy atom. The van der Waals surface area contributed by atoms with E-state index in [0.717, 1.165) is 5.56 Å². The van der Waals surface area contributed by atoms with Crippen LogP contribution in [0, 0.1) is 19.3 Å². The molecule has 2 N–H and O–H groups in total. The Morgan fingerprint density at radius 1 is 1.03 bits per heavy atom. The molecule has 0 bridgehead atoms. The minimum Gasteiger partial charge on any atom is -0.493 e. The van der Waals surface area contributed by atoms with Crippen LogP contribution in [-0.2, 0) is 20.7 Å².